The lowest BCUT2D eigenvalue weighted by molar-refractivity contribution is -0.308. The molecule has 9 heteroatoms. The molecule has 4 aliphatic carbocycles. The molecule has 0 bridgehead atoms. The minimum atomic E-state index is -1.46. The zero-order valence-corrected chi connectivity index (χ0v) is 23.8. The lowest BCUT2D eigenvalue weighted by Crippen LogP contribution is -2.60. The molecule has 0 amide bonds. The molecule has 13 atom stereocenters. The number of allylic oxidation sites excluding steroid dienone is 1. The Balaban J connectivity index is 1.37. The molecule has 0 radical (unpaired) electrons. The molecule has 0 spiro atoms. The van der Waals surface area contributed by atoms with E-state index in [0.29, 0.717) is 30.1 Å². The van der Waals surface area contributed by atoms with Gasteiger partial charge in [0.2, 0.25) is 0 Å². The van der Waals surface area contributed by atoms with E-state index in [9.17, 15) is 30.0 Å². The van der Waals surface area contributed by atoms with Gasteiger partial charge in [0.15, 0.2) is 17.7 Å². The molecule has 39 heavy (non-hydrogen) atoms. The zero-order chi connectivity index (χ0) is 28.5. The van der Waals surface area contributed by atoms with Gasteiger partial charge in [-0.2, -0.15) is 0 Å². The van der Waals surface area contributed by atoms with Gasteiger partial charge in [0, 0.05) is 12.3 Å². The minimum Gasteiger partial charge on any atom is -0.451 e. The predicted molar refractivity (Wildman–Crippen MR) is 140 cm³/mol. The Bertz CT molecular complexity index is 1010. The summed E-state index contributed by atoms with van der Waals surface area (Å²) in [6, 6.07) is 0. The molecule has 1 heterocycles. The third kappa shape index (κ3) is 4.34. The fraction of sp³-hybridized carbons (Fsp3) is 0.867. The second-order valence-electron chi connectivity index (χ2n) is 13.4. The number of hydrogen-bond acceptors (Lipinski definition) is 9. The summed E-state index contributed by atoms with van der Waals surface area (Å²) in [6.07, 6.45) is 1.31. The monoisotopic (exact) mass is 550 g/mol. The molecular formula is C30H46O9. The summed E-state index contributed by atoms with van der Waals surface area (Å²) in [5, 5.41) is 40.3. The van der Waals surface area contributed by atoms with Crippen LogP contribution < -0.4 is 0 Å². The van der Waals surface area contributed by atoms with Gasteiger partial charge in [0.05, 0.1) is 12.7 Å². The fourth-order valence-corrected chi connectivity index (χ4v) is 9.65. The number of aliphatic hydroxyl groups excluding tert-OH is 4. The summed E-state index contributed by atoms with van der Waals surface area (Å²) in [6.45, 7) is 9.27. The summed E-state index contributed by atoms with van der Waals surface area (Å²) >= 11 is 0. The lowest BCUT2D eigenvalue weighted by Gasteiger charge is -2.61. The first-order valence-corrected chi connectivity index (χ1v) is 14.7. The van der Waals surface area contributed by atoms with Crippen LogP contribution in [-0.2, 0) is 23.8 Å². The Morgan fingerprint density at radius 1 is 1.00 bits per heavy atom. The molecule has 1 saturated heterocycles. The van der Waals surface area contributed by atoms with E-state index in [0.717, 1.165) is 38.5 Å². The summed E-state index contributed by atoms with van der Waals surface area (Å²) in [4.78, 5) is 25.1. The number of fused-ring (bicyclic) bond motifs is 5. The van der Waals surface area contributed by atoms with Crippen molar-refractivity contribution in [1.82, 2.24) is 0 Å². The van der Waals surface area contributed by atoms with Gasteiger partial charge in [-0.1, -0.05) is 32.4 Å². The van der Waals surface area contributed by atoms with Gasteiger partial charge in [0.1, 0.15) is 24.4 Å². The van der Waals surface area contributed by atoms with Crippen LogP contribution in [0, 0.1) is 34.5 Å². The molecule has 3 saturated carbocycles. The highest BCUT2D eigenvalue weighted by atomic mass is 16.7. The smallest absolute Gasteiger partial charge is 0.303 e. The van der Waals surface area contributed by atoms with Gasteiger partial charge >= 0.3 is 5.97 Å². The SMILES string of the molecule is CC(=O)O[C@]1(C(C)=O)CC[C@H]2[C@@H]3C[C@H](C)C4=C[C@@H](O[C@@H]5O[C@H](CO)[C@@H](O)[C@H](O)[C@H]5O)CC[C@]4(C)[C@H]3CC[C@@]21C. The van der Waals surface area contributed by atoms with Gasteiger partial charge in [0.25, 0.3) is 0 Å². The first-order valence-electron chi connectivity index (χ1n) is 14.7. The van der Waals surface area contributed by atoms with Crippen molar-refractivity contribution in [2.45, 2.75) is 122 Å². The number of ketones is 1. The van der Waals surface area contributed by atoms with Crippen molar-refractivity contribution in [3.63, 3.8) is 0 Å². The Morgan fingerprint density at radius 2 is 1.69 bits per heavy atom. The quantitative estimate of drug-likeness (QED) is 0.299. The highest BCUT2D eigenvalue weighted by Crippen LogP contribution is 2.69. The normalized spacial score (nSPS) is 51.3. The number of hydrogen-bond donors (Lipinski definition) is 4. The van der Waals surface area contributed by atoms with Gasteiger partial charge < -0.3 is 34.6 Å². The van der Waals surface area contributed by atoms with Crippen molar-refractivity contribution in [2.24, 2.45) is 34.5 Å². The molecule has 0 aromatic heterocycles. The summed E-state index contributed by atoms with van der Waals surface area (Å²) < 4.78 is 17.6. The average Bonchev–Trinajstić information content (AvgIpc) is 3.18. The van der Waals surface area contributed by atoms with Crippen molar-refractivity contribution in [3.8, 4) is 0 Å². The molecule has 5 rings (SSSR count). The Labute approximate surface area is 230 Å². The molecule has 9 nitrogen and oxygen atoms in total. The number of ether oxygens (including phenoxy) is 3. The van der Waals surface area contributed by atoms with Crippen LogP contribution in [-0.4, -0.2) is 81.2 Å². The van der Waals surface area contributed by atoms with Gasteiger partial charge in [-0.3, -0.25) is 9.59 Å². The van der Waals surface area contributed by atoms with E-state index in [2.05, 4.69) is 26.8 Å². The highest BCUT2D eigenvalue weighted by Gasteiger charge is 2.68. The minimum absolute atomic E-state index is 0.0260. The van der Waals surface area contributed by atoms with Crippen LogP contribution in [0.25, 0.3) is 0 Å². The first-order chi connectivity index (χ1) is 18.3. The van der Waals surface area contributed by atoms with Crippen molar-refractivity contribution in [2.75, 3.05) is 6.61 Å². The number of aliphatic hydroxyl groups is 4. The van der Waals surface area contributed by atoms with Crippen LogP contribution in [0.5, 0.6) is 0 Å². The summed E-state index contributed by atoms with van der Waals surface area (Å²) in [5.41, 5.74) is -0.0798. The van der Waals surface area contributed by atoms with E-state index >= 15 is 0 Å². The van der Waals surface area contributed by atoms with E-state index < -0.39 is 42.9 Å². The van der Waals surface area contributed by atoms with Crippen LogP contribution in [0.15, 0.2) is 11.6 Å². The van der Waals surface area contributed by atoms with Crippen LogP contribution in [0.1, 0.15) is 79.6 Å². The van der Waals surface area contributed by atoms with Crippen molar-refractivity contribution >= 4 is 11.8 Å². The number of carbonyl (C=O) groups excluding carboxylic acids is 2. The van der Waals surface area contributed by atoms with Crippen molar-refractivity contribution in [1.29, 1.82) is 0 Å². The van der Waals surface area contributed by atoms with Gasteiger partial charge in [-0.05, 0) is 81.0 Å². The third-order valence-corrected chi connectivity index (χ3v) is 11.5. The molecule has 1 aliphatic heterocycles. The summed E-state index contributed by atoms with van der Waals surface area (Å²) in [5.74, 6) is 1.06. The van der Waals surface area contributed by atoms with E-state index in [4.69, 9.17) is 14.2 Å². The number of carbonyl (C=O) groups is 2. The average molecular weight is 551 g/mol. The maximum atomic E-state index is 13.0. The molecule has 220 valence electrons. The van der Waals surface area contributed by atoms with E-state index in [1.54, 1.807) is 6.92 Å². The lowest BCUT2D eigenvalue weighted by atomic mass is 9.44. The van der Waals surface area contributed by atoms with Crippen molar-refractivity contribution < 1.29 is 44.2 Å². The second-order valence-corrected chi connectivity index (χ2v) is 13.4. The first kappa shape index (κ1) is 29.1. The van der Waals surface area contributed by atoms with Crippen LogP contribution in [0.2, 0.25) is 0 Å². The van der Waals surface area contributed by atoms with Crippen LogP contribution >= 0.6 is 0 Å². The molecule has 4 fully saturated rings. The Kier molecular flexibility index (Phi) is 7.60. The largest absolute Gasteiger partial charge is 0.451 e. The molecule has 0 aromatic rings. The standard InChI is InChI=1S/C30H46O9/c1-15-12-19-20(7-10-29(5)21(19)8-11-30(29,16(2)32)39-17(3)33)28(4)9-6-18(13-22(15)28)37-27-26(36)25(35)24(34)23(14-31)38-27/h13,15,18-21,23-27,31,34-36H,6-12,14H2,1-5H3/t15-,18-,19+,20-,21-,23+,24+,25-,26+,27+,28+,29-,30-/m0/s1. The van der Waals surface area contributed by atoms with E-state index in [-0.39, 0.29) is 28.7 Å². The number of Topliss-reactive ketones (excluding diaryl/α,β-unsaturated/α-hetero) is 1. The molecule has 5 aliphatic rings. The van der Waals surface area contributed by atoms with Crippen molar-refractivity contribution in [3.05, 3.63) is 11.6 Å². The molecular weight excluding hydrogens is 504 g/mol. The van der Waals surface area contributed by atoms with Crippen LogP contribution in [0.3, 0.4) is 0 Å². The number of esters is 1. The number of rotatable bonds is 5. The van der Waals surface area contributed by atoms with E-state index in [1.807, 2.05) is 0 Å². The highest BCUT2D eigenvalue weighted by molar-refractivity contribution is 5.89. The predicted octanol–water partition coefficient (Wildman–Crippen LogP) is 2.27. The Morgan fingerprint density at radius 3 is 2.33 bits per heavy atom. The topological polar surface area (TPSA) is 143 Å². The van der Waals surface area contributed by atoms with Gasteiger partial charge in [-0.15, -0.1) is 0 Å². The maximum Gasteiger partial charge on any atom is 0.303 e. The van der Waals surface area contributed by atoms with Gasteiger partial charge in [-0.25, -0.2) is 0 Å². The van der Waals surface area contributed by atoms with Crippen LogP contribution in [0.4, 0.5) is 0 Å². The zero-order valence-electron chi connectivity index (χ0n) is 23.8. The molecule has 0 aromatic carbocycles. The Hall–Kier alpha value is -1.36. The molecule has 4 N–H and O–H groups in total. The second kappa shape index (κ2) is 10.2. The molecule has 0 unspecified atom stereocenters. The summed E-state index contributed by atoms with van der Waals surface area (Å²) in [7, 11) is 0. The maximum absolute atomic E-state index is 13.0. The third-order valence-electron chi connectivity index (χ3n) is 11.5. The fourth-order valence-electron chi connectivity index (χ4n) is 9.65. The van der Waals surface area contributed by atoms with E-state index in [1.165, 1.54) is 12.5 Å².